The van der Waals surface area contributed by atoms with Gasteiger partial charge in [0.25, 0.3) is 5.91 Å². The van der Waals surface area contributed by atoms with Crippen LogP contribution in [0.4, 0.5) is 0 Å². The smallest absolute Gasteiger partial charge is 0.255 e. The summed E-state index contributed by atoms with van der Waals surface area (Å²) in [7, 11) is 0. The normalized spacial score (nSPS) is 13.0. The molecule has 0 bridgehead atoms. The molecule has 0 aliphatic rings. The van der Waals surface area contributed by atoms with E-state index >= 15 is 0 Å². The fourth-order valence-corrected chi connectivity index (χ4v) is 2.53. The van der Waals surface area contributed by atoms with Crippen LogP contribution in [0, 0.1) is 19.3 Å². The predicted octanol–water partition coefficient (Wildman–Crippen LogP) is 3.54. The number of amides is 1. The molecule has 2 rings (SSSR count). The highest BCUT2D eigenvalue weighted by molar-refractivity contribution is 5.96. The Morgan fingerprint density at radius 3 is 2.29 bits per heavy atom. The van der Waals surface area contributed by atoms with E-state index in [1.54, 1.807) is 0 Å². The molecule has 1 heterocycles. The van der Waals surface area contributed by atoms with Crippen molar-refractivity contribution in [3.63, 3.8) is 0 Å². The van der Waals surface area contributed by atoms with Crippen molar-refractivity contribution in [2.75, 3.05) is 0 Å². The van der Waals surface area contributed by atoms with Gasteiger partial charge in [-0.05, 0) is 24.8 Å². The van der Waals surface area contributed by atoms with Gasteiger partial charge >= 0.3 is 0 Å². The molecule has 21 heavy (non-hydrogen) atoms. The lowest BCUT2D eigenvalue weighted by atomic mass is 9.82. The van der Waals surface area contributed by atoms with Crippen molar-refractivity contribution in [1.29, 1.82) is 0 Å². The molecular weight excluding hydrogens is 262 g/mol. The third-order valence-electron chi connectivity index (χ3n) is 3.63. The zero-order chi connectivity index (χ0) is 15.6. The van der Waals surface area contributed by atoms with Gasteiger partial charge in [0.1, 0.15) is 0 Å². The number of carbonyl (C=O) groups is 1. The largest absolute Gasteiger partial charge is 0.345 e. The Morgan fingerprint density at radius 2 is 1.81 bits per heavy atom. The van der Waals surface area contributed by atoms with Crippen molar-refractivity contribution in [3.8, 4) is 0 Å². The maximum absolute atomic E-state index is 12.6. The molecule has 112 valence electrons. The topological polar surface area (TPSA) is 57.8 Å². The van der Waals surface area contributed by atoms with Crippen molar-refractivity contribution >= 4 is 5.91 Å². The number of H-pyrrole nitrogens is 1. The van der Waals surface area contributed by atoms with Crippen LogP contribution >= 0.6 is 0 Å². The molecule has 1 aromatic carbocycles. The highest BCUT2D eigenvalue weighted by Gasteiger charge is 2.29. The zero-order valence-electron chi connectivity index (χ0n) is 13.3. The number of carbonyl (C=O) groups excluding carboxylic acids is 1. The molecule has 0 aliphatic carbocycles. The molecule has 0 spiro atoms. The second kappa shape index (κ2) is 5.72. The van der Waals surface area contributed by atoms with Gasteiger partial charge in [-0.2, -0.15) is 5.10 Å². The molecular formula is C17H23N3O. The molecule has 4 nitrogen and oxygen atoms in total. The predicted molar refractivity (Wildman–Crippen MR) is 84.2 cm³/mol. The van der Waals surface area contributed by atoms with Crippen LogP contribution in [0.15, 0.2) is 30.3 Å². The highest BCUT2D eigenvalue weighted by atomic mass is 16.1. The molecule has 0 radical (unpaired) electrons. The summed E-state index contributed by atoms with van der Waals surface area (Å²) in [6.07, 6.45) is 0. The fraction of sp³-hybridized carbons (Fsp3) is 0.412. The van der Waals surface area contributed by atoms with E-state index in [0.29, 0.717) is 5.56 Å². The standard InChI is InChI=1S/C17H23N3O/c1-11-14(12(2)20-19-11)16(21)18-15(17(3,4)5)13-9-7-6-8-10-13/h6-10,15H,1-5H3,(H,18,21)(H,19,20). The first kappa shape index (κ1) is 15.3. The van der Waals surface area contributed by atoms with Crippen LogP contribution in [-0.2, 0) is 0 Å². The van der Waals surface area contributed by atoms with Gasteiger partial charge in [-0.1, -0.05) is 51.1 Å². The van der Waals surface area contributed by atoms with Crippen LogP contribution in [0.1, 0.15) is 54.1 Å². The molecule has 0 saturated heterocycles. The van der Waals surface area contributed by atoms with Gasteiger partial charge < -0.3 is 5.32 Å². The number of benzene rings is 1. The molecule has 0 aliphatic heterocycles. The number of aromatic amines is 1. The zero-order valence-corrected chi connectivity index (χ0v) is 13.3. The minimum absolute atomic E-state index is 0.0556. The maximum Gasteiger partial charge on any atom is 0.255 e. The molecule has 1 aromatic heterocycles. The van der Waals surface area contributed by atoms with E-state index in [-0.39, 0.29) is 17.4 Å². The Morgan fingerprint density at radius 1 is 1.19 bits per heavy atom. The summed E-state index contributed by atoms with van der Waals surface area (Å²) < 4.78 is 0. The second-order valence-electron chi connectivity index (χ2n) is 6.49. The summed E-state index contributed by atoms with van der Waals surface area (Å²) in [4.78, 5) is 12.6. The van der Waals surface area contributed by atoms with Crippen LogP contribution in [0.3, 0.4) is 0 Å². The third-order valence-corrected chi connectivity index (χ3v) is 3.63. The molecule has 2 aromatic rings. The van der Waals surface area contributed by atoms with Crippen molar-refractivity contribution < 1.29 is 4.79 Å². The average molecular weight is 285 g/mol. The Bertz CT molecular complexity index is 604. The van der Waals surface area contributed by atoms with Gasteiger partial charge in [0.15, 0.2) is 0 Å². The highest BCUT2D eigenvalue weighted by Crippen LogP contribution is 2.33. The van der Waals surface area contributed by atoms with Gasteiger partial charge in [0.2, 0.25) is 0 Å². The van der Waals surface area contributed by atoms with Gasteiger partial charge in [-0.15, -0.1) is 0 Å². The van der Waals surface area contributed by atoms with Crippen molar-refractivity contribution in [1.82, 2.24) is 15.5 Å². The van der Waals surface area contributed by atoms with Crippen LogP contribution in [0.25, 0.3) is 0 Å². The summed E-state index contributed by atoms with van der Waals surface area (Å²) in [6.45, 7) is 10.1. The van der Waals surface area contributed by atoms with Gasteiger partial charge in [0, 0.05) is 5.69 Å². The van der Waals surface area contributed by atoms with Crippen LogP contribution < -0.4 is 5.32 Å². The minimum Gasteiger partial charge on any atom is -0.345 e. The first-order valence-electron chi connectivity index (χ1n) is 7.18. The molecule has 0 fully saturated rings. The summed E-state index contributed by atoms with van der Waals surface area (Å²) in [5, 5.41) is 10.1. The second-order valence-corrected chi connectivity index (χ2v) is 6.49. The first-order valence-corrected chi connectivity index (χ1v) is 7.18. The van der Waals surface area contributed by atoms with E-state index in [2.05, 4.69) is 36.3 Å². The number of hydrogen-bond donors (Lipinski definition) is 2. The van der Waals surface area contributed by atoms with Crippen molar-refractivity contribution in [2.45, 2.75) is 40.7 Å². The van der Waals surface area contributed by atoms with E-state index in [1.807, 2.05) is 44.2 Å². The lowest BCUT2D eigenvalue weighted by Gasteiger charge is -2.32. The van der Waals surface area contributed by atoms with Gasteiger partial charge in [0.05, 0.1) is 17.3 Å². The number of aromatic nitrogens is 2. The lowest BCUT2D eigenvalue weighted by Crippen LogP contribution is -2.37. The summed E-state index contributed by atoms with van der Waals surface area (Å²) in [5.41, 5.74) is 3.19. The van der Waals surface area contributed by atoms with Crippen LogP contribution in [-0.4, -0.2) is 16.1 Å². The van der Waals surface area contributed by atoms with Crippen molar-refractivity contribution in [3.05, 3.63) is 52.8 Å². The first-order chi connectivity index (χ1) is 9.80. The van der Waals surface area contributed by atoms with E-state index in [1.165, 1.54) is 0 Å². The van der Waals surface area contributed by atoms with E-state index in [4.69, 9.17) is 0 Å². The Hall–Kier alpha value is -2.10. The molecule has 1 amide bonds. The van der Waals surface area contributed by atoms with Crippen molar-refractivity contribution in [2.24, 2.45) is 5.41 Å². The molecule has 0 saturated carbocycles. The van der Waals surface area contributed by atoms with Crippen LogP contribution in [0.5, 0.6) is 0 Å². The average Bonchev–Trinajstić information content (AvgIpc) is 2.75. The minimum atomic E-state index is -0.0810. The number of rotatable bonds is 3. The van der Waals surface area contributed by atoms with E-state index in [0.717, 1.165) is 17.0 Å². The SMILES string of the molecule is Cc1n[nH]c(C)c1C(=O)NC(c1ccccc1)C(C)(C)C. The maximum atomic E-state index is 12.6. The quantitative estimate of drug-likeness (QED) is 0.906. The van der Waals surface area contributed by atoms with Crippen LogP contribution in [0.2, 0.25) is 0 Å². The molecule has 1 unspecified atom stereocenters. The molecule has 1 atom stereocenters. The summed E-state index contributed by atoms with van der Waals surface area (Å²) in [6, 6.07) is 10.0. The fourth-order valence-electron chi connectivity index (χ4n) is 2.53. The Balaban J connectivity index is 2.31. The van der Waals surface area contributed by atoms with E-state index < -0.39 is 0 Å². The number of nitrogens with one attached hydrogen (secondary N) is 2. The Labute approximate surface area is 126 Å². The Kier molecular flexibility index (Phi) is 4.16. The monoisotopic (exact) mass is 285 g/mol. The number of nitrogens with zero attached hydrogens (tertiary/aromatic N) is 1. The molecule has 2 N–H and O–H groups in total. The van der Waals surface area contributed by atoms with E-state index in [9.17, 15) is 4.79 Å². The van der Waals surface area contributed by atoms with Gasteiger partial charge in [-0.3, -0.25) is 9.89 Å². The summed E-state index contributed by atoms with van der Waals surface area (Å²) >= 11 is 0. The molecule has 4 heteroatoms. The summed E-state index contributed by atoms with van der Waals surface area (Å²) in [5.74, 6) is -0.0810. The third kappa shape index (κ3) is 3.32. The number of aryl methyl sites for hydroxylation is 2. The number of hydrogen-bond acceptors (Lipinski definition) is 2. The van der Waals surface area contributed by atoms with Gasteiger partial charge in [-0.25, -0.2) is 0 Å². The lowest BCUT2D eigenvalue weighted by molar-refractivity contribution is 0.0900.